The number of thiophene rings is 1. The summed E-state index contributed by atoms with van der Waals surface area (Å²) in [7, 11) is 1.78. The van der Waals surface area contributed by atoms with Gasteiger partial charge >= 0.3 is 0 Å². The minimum absolute atomic E-state index is 0.0784. The van der Waals surface area contributed by atoms with E-state index in [1.54, 1.807) is 7.11 Å². The molecule has 1 aliphatic heterocycles. The molecule has 1 amide bonds. The van der Waals surface area contributed by atoms with Crippen LogP contribution in [0.4, 0.5) is 11.5 Å². The van der Waals surface area contributed by atoms with Crippen molar-refractivity contribution in [2.24, 2.45) is 0 Å². The first kappa shape index (κ1) is 22.5. The van der Waals surface area contributed by atoms with Crippen molar-refractivity contribution in [3.05, 3.63) is 33.3 Å². The third kappa shape index (κ3) is 4.32. The Balaban J connectivity index is 1.25. The van der Waals surface area contributed by atoms with Crippen LogP contribution in [0.5, 0.6) is 0 Å². The van der Waals surface area contributed by atoms with Crippen molar-refractivity contribution in [2.45, 2.75) is 51.3 Å². The third-order valence-corrected chi connectivity index (χ3v) is 8.77. The first-order valence-corrected chi connectivity index (χ1v) is 13.1. The lowest BCUT2D eigenvalue weighted by Gasteiger charge is -2.26. The Morgan fingerprint density at radius 3 is 2.91 bits per heavy atom. The van der Waals surface area contributed by atoms with Crippen LogP contribution in [-0.2, 0) is 17.6 Å². The fourth-order valence-corrected chi connectivity index (χ4v) is 6.97. The molecular formula is C23H30N6O2S2. The number of hydrogen-bond donors (Lipinski definition) is 3. The molecule has 0 bridgehead atoms. The van der Waals surface area contributed by atoms with E-state index >= 15 is 0 Å². The Morgan fingerprint density at radius 2 is 2.15 bits per heavy atom. The number of carbonyl (C=O) groups excluding carboxylic acids is 1. The van der Waals surface area contributed by atoms with E-state index in [2.05, 4.69) is 39.6 Å². The lowest BCUT2D eigenvalue weighted by atomic mass is 9.91. The molecule has 3 atom stereocenters. The Hall–Kier alpha value is -2.27. The molecule has 0 radical (unpaired) electrons. The molecule has 3 unspecified atom stereocenters. The Bertz CT molecular complexity index is 1180. The highest BCUT2D eigenvalue weighted by Crippen LogP contribution is 2.37. The summed E-state index contributed by atoms with van der Waals surface area (Å²) in [6.07, 6.45) is 2.67. The molecule has 1 saturated heterocycles. The highest BCUT2D eigenvalue weighted by atomic mass is 32.1. The molecule has 33 heavy (non-hydrogen) atoms. The molecule has 3 aromatic rings. The van der Waals surface area contributed by atoms with Gasteiger partial charge in [-0.25, -0.2) is 9.97 Å². The van der Waals surface area contributed by atoms with Gasteiger partial charge in [-0.2, -0.15) is 0 Å². The number of amides is 1. The minimum Gasteiger partial charge on any atom is -0.396 e. The van der Waals surface area contributed by atoms with E-state index in [9.17, 15) is 4.79 Å². The molecule has 5 rings (SSSR count). The quantitative estimate of drug-likeness (QED) is 0.492. The maximum atomic E-state index is 12.9. The van der Waals surface area contributed by atoms with Crippen LogP contribution in [-0.4, -0.2) is 60.8 Å². The summed E-state index contributed by atoms with van der Waals surface area (Å²) >= 11 is 2.92. The molecule has 10 heteroatoms. The monoisotopic (exact) mass is 486 g/mol. The average molecular weight is 487 g/mol. The average Bonchev–Trinajstić information content (AvgIpc) is 3.47. The molecular weight excluding hydrogens is 456 g/mol. The molecule has 1 fully saturated rings. The van der Waals surface area contributed by atoms with Crippen LogP contribution >= 0.6 is 22.7 Å². The summed E-state index contributed by atoms with van der Waals surface area (Å²) in [6.45, 7) is 6.73. The molecule has 2 aliphatic rings. The fraction of sp³-hybridized carbons (Fsp3) is 0.522. The van der Waals surface area contributed by atoms with Crippen LogP contribution in [0.3, 0.4) is 0 Å². The standard InChI is InChI=1S/C23H30N6O2S2/c1-4-25-16-10-29(11-17(16)31-3)18-8-5-13-9-14(6-7-15(13)28-18)27-22(30)20-19(24)21-23(33-20)26-12(2)32-21/h5,8,14,16-17,25H,4,6-7,9-11,24H2,1-3H3,(H,27,30). The van der Waals surface area contributed by atoms with Gasteiger partial charge in [-0.15, -0.1) is 22.7 Å². The molecule has 1 aliphatic carbocycles. The van der Waals surface area contributed by atoms with E-state index < -0.39 is 0 Å². The zero-order chi connectivity index (χ0) is 23.1. The number of nitrogen functional groups attached to an aromatic ring is 1. The van der Waals surface area contributed by atoms with Gasteiger partial charge in [-0.1, -0.05) is 13.0 Å². The number of carbonyl (C=O) groups is 1. The van der Waals surface area contributed by atoms with Crippen molar-refractivity contribution < 1.29 is 9.53 Å². The molecule has 4 N–H and O–H groups in total. The SMILES string of the molecule is CCNC1CN(c2ccc3c(n2)CCC(NC(=O)c2sc4nc(C)sc4c2N)C3)CC1OC. The molecule has 3 aromatic heterocycles. The molecule has 0 saturated carbocycles. The van der Waals surface area contributed by atoms with Crippen LogP contribution < -0.4 is 21.3 Å². The van der Waals surface area contributed by atoms with Gasteiger partial charge < -0.3 is 26.0 Å². The van der Waals surface area contributed by atoms with Gasteiger partial charge in [0, 0.05) is 31.9 Å². The highest BCUT2D eigenvalue weighted by molar-refractivity contribution is 7.29. The van der Waals surface area contributed by atoms with E-state index in [1.165, 1.54) is 28.2 Å². The zero-order valence-electron chi connectivity index (χ0n) is 19.2. The number of nitrogens with two attached hydrogens (primary N) is 1. The first-order valence-electron chi connectivity index (χ1n) is 11.4. The van der Waals surface area contributed by atoms with E-state index in [-0.39, 0.29) is 18.1 Å². The number of aryl methyl sites for hydroxylation is 2. The lowest BCUT2D eigenvalue weighted by molar-refractivity contribution is 0.0938. The van der Waals surface area contributed by atoms with Crippen LogP contribution in [0.25, 0.3) is 9.53 Å². The second kappa shape index (κ2) is 9.17. The number of nitrogens with one attached hydrogen (secondary N) is 2. The topological polar surface area (TPSA) is 105 Å². The lowest BCUT2D eigenvalue weighted by Crippen LogP contribution is -2.40. The summed E-state index contributed by atoms with van der Waals surface area (Å²) < 4.78 is 6.59. The summed E-state index contributed by atoms with van der Waals surface area (Å²) in [5.41, 5.74) is 9.14. The molecule has 8 nitrogen and oxygen atoms in total. The van der Waals surface area contributed by atoms with Gasteiger partial charge in [0.15, 0.2) is 0 Å². The van der Waals surface area contributed by atoms with E-state index in [0.717, 1.165) is 64.9 Å². The van der Waals surface area contributed by atoms with E-state index in [1.807, 2.05) is 6.92 Å². The van der Waals surface area contributed by atoms with Crippen molar-refractivity contribution in [2.75, 3.05) is 37.4 Å². The first-order chi connectivity index (χ1) is 16.0. The Labute approximate surface area is 201 Å². The van der Waals surface area contributed by atoms with Crippen LogP contribution in [0.1, 0.15) is 39.3 Å². The predicted molar refractivity (Wildman–Crippen MR) is 135 cm³/mol. The number of rotatable bonds is 6. The maximum absolute atomic E-state index is 12.9. The number of aromatic nitrogens is 2. The number of methoxy groups -OCH3 is 1. The second-order valence-electron chi connectivity index (χ2n) is 8.74. The van der Waals surface area contributed by atoms with Gasteiger partial charge in [-0.3, -0.25) is 4.79 Å². The van der Waals surface area contributed by atoms with Crippen LogP contribution in [0.15, 0.2) is 12.1 Å². The molecule has 4 heterocycles. The number of thiazole rings is 1. The number of ether oxygens (including phenoxy) is 1. The Morgan fingerprint density at radius 1 is 1.30 bits per heavy atom. The summed E-state index contributed by atoms with van der Waals surface area (Å²) in [5.74, 6) is 0.906. The summed E-state index contributed by atoms with van der Waals surface area (Å²) in [6, 6.07) is 4.66. The largest absolute Gasteiger partial charge is 0.396 e. The van der Waals surface area contributed by atoms with Gasteiger partial charge in [0.2, 0.25) is 0 Å². The van der Waals surface area contributed by atoms with Crippen molar-refractivity contribution >= 4 is 49.6 Å². The minimum atomic E-state index is -0.101. The fourth-order valence-electron chi connectivity index (χ4n) is 4.88. The third-order valence-electron chi connectivity index (χ3n) is 6.54. The van der Waals surface area contributed by atoms with Gasteiger partial charge in [0.25, 0.3) is 5.91 Å². The smallest absolute Gasteiger partial charge is 0.263 e. The molecule has 0 spiro atoms. The number of anilines is 2. The summed E-state index contributed by atoms with van der Waals surface area (Å²) in [4.78, 5) is 26.1. The number of hydrogen-bond acceptors (Lipinski definition) is 9. The van der Waals surface area contributed by atoms with E-state index in [4.69, 9.17) is 15.5 Å². The number of nitrogens with zero attached hydrogens (tertiary/aromatic N) is 3. The van der Waals surface area contributed by atoms with Crippen LogP contribution in [0.2, 0.25) is 0 Å². The zero-order valence-corrected chi connectivity index (χ0v) is 20.8. The summed E-state index contributed by atoms with van der Waals surface area (Å²) in [5, 5.41) is 7.67. The number of pyridine rings is 1. The molecule has 176 valence electrons. The second-order valence-corrected chi connectivity index (χ2v) is 10.9. The van der Waals surface area contributed by atoms with Gasteiger partial charge in [-0.05, 0) is 44.4 Å². The normalized spacial score (nSPS) is 22.6. The van der Waals surface area contributed by atoms with Crippen molar-refractivity contribution in [3.63, 3.8) is 0 Å². The molecule has 0 aromatic carbocycles. The van der Waals surface area contributed by atoms with E-state index in [0.29, 0.717) is 16.6 Å². The number of likely N-dealkylation sites (N-methyl/N-ethyl adjacent to an activating group) is 1. The maximum Gasteiger partial charge on any atom is 0.263 e. The Kier molecular flexibility index (Phi) is 6.26. The van der Waals surface area contributed by atoms with Crippen LogP contribution in [0, 0.1) is 6.92 Å². The van der Waals surface area contributed by atoms with Gasteiger partial charge in [0.1, 0.15) is 15.5 Å². The predicted octanol–water partition coefficient (Wildman–Crippen LogP) is 2.74. The highest BCUT2D eigenvalue weighted by Gasteiger charge is 2.33. The number of fused-ring (bicyclic) bond motifs is 2. The van der Waals surface area contributed by atoms with Crippen molar-refractivity contribution in [1.29, 1.82) is 0 Å². The van der Waals surface area contributed by atoms with Gasteiger partial charge in [0.05, 0.1) is 27.5 Å². The van der Waals surface area contributed by atoms with Crippen molar-refractivity contribution in [1.82, 2.24) is 20.6 Å². The van der Waals surface area contributed by atoms with Crippen molar-refractivity contribution in [3.8, 4) is 0 Å².